The van der Waals surface area contributed by atoms with Crippen LogP contribution in [0.1, 0.15) is 48.4 Å². The summed E-state index contributed by atoms with van der Waals surface area (Å²) < 4.78 is 0.995. The van der Waals surface area contributed by atoms with Crippen molar-refractivity contribution >= 4 is 34.2 Å². The second-order valence-corrected chi connectivity index (χ2v) is 7.13. The van der Waals surface area contributed by atoms with Crippen molar-refractivity contribution in [3.63, 3.8) is 0 Å². The van der Waals surface area contributed by atoms with E-state index in [9.17, 15) is 0 Å². The molecular formula is C16H17ClIN3. The van der Waals surface area contributed by atoms with E-state index in [-0.39, 0.29) is 0 Å². The van der Waals surface area contributed by atoms with Crippen LogP contribution >= 0.6 is 34.2 Å². The van der Waals surface area contributed by atoms with Crippen molar-refractivity contribution in [2.24, 2.45) is 0 Å². The predicted octanol–water partition coefficient (Wildman–Crippen LogP) is 5.07. The van der Waals surface area contributed by atoms with Crippen molar-refractivity contribution in [1.29, 1.82) is 0 Å². The monoisotopic (exact) mass is 413 g/mol. The molecule has 1 fully saturated rings. The van der Waals surface area contributed by atoms with Gasteiger partial charge in [-0.25, -0.2) is 9.97 Å². The molecule has 1 aliphatic rings. The Morgan fingerprint density at radius 2 is 1.90 bits per heavy atom. The lowest BCUT2D eigenvalue weighted by Gasteiger charge is -2.14. The molecule has 110 valence electrons. The van der Waals surface area contributed by atoms with Crippen LogP contribution in [0.15, 0.2) is 12.3 Å². The maximum atomic E-state index is 6.34. The number of hydrogen-bond acceptors (Lipinski definition) is 3. The molecule has 0 spiro atoms. The third-order valence-electron chi connectivity index (χ3n) is 4.01. The maximum Gasteiger partial charge on any atom is 0.180 e. The van der Waals surface area contributed by atoms with Gasteiger partial charge in [0.1, 0.15) is 10.8 Å². The highest BCUT2D eigenvalue weighted by molar-refractivity contribution is 14.1. The molecule has 0 bridgehead atoms. The van der Waals surface area contributed by atoms with Crippen molar-refractivity contribution in [1.82, 2.24) is 15.0 Å². The van der Waals surface area contributed by atoms with Crippen LogP contribution in [0.25, 0.3) is 11.5 Å². The predicted molar refractivity (Wildman–Crippen MR) is 93.7 cm³/mol. The van der Waals surface area contributed by atoms with Crippen molar-refractivity contribution in [2.75, 3.05) is 0 Å². The minimum atomic E-state index is 0.516. The molecule has 3 nitrogen and oxygen atoms in total. The summed E-state index contributed by atoms with van der Waals surface area (Å²) in [4.78, 5) is 13.8. The molecule has 0 aliphatic heterocycles. The molecule has 0 aromatic carbocycles. The summed E-state index contributed by atoms with van der Waals surface area (Å²) in [5.41, 5.74) is 4.16. The van der Waals surface area contributed by atoms with E-state index in [1.54, 1.807) is 0 Å². The van der Waals surface area contributed by atoms with Crippen molar-refractivity contribution in [2.45, 2.75) is 45.4 Å². The van der Waals surface area contributed by atoms with Crippen LogP contribution in [0.4, 0.5) is 0 Å². The fourth-order valence-corrected chi connectivity index (χ4v) is 3.82. The number of pyridine rings is 1. The molecule has 0 radical (unpaired) electrons. The third kappa shape index (κ3) is 3.06. The van der Waals surface area contributed by atoms with Crippen LogP contribution in [0.5, 0.6) is 0 Å². The second-order valence-electron chi connectivity index (χ2n) is 5.70. The zero-order chi connectivity index (χ0) is 15.0. The minimum Gasteiger partial charge on any atom is -0.252 e. The SMILES string of the molecule is Cc1cnc(-c2nc(Cl)c(I)c(C3CCCC3)n2)c(C)c1. The maximum absolute atomic E-state index is 6.34. The summed E-state index contributed by atoms with van der Waals surface area (Å²) in [7, 11) is 0. The lowest BCUT2D eigenvalue weighted by atomic mass is 10.0. The highest BCUT2D eigenvalue weighted by atomic mass is 127. The van der Waals surface area contributed by atoms with Gasteiger partial charge in [0.05, 0.1) is 9.26 Å². The summed E-state index contributed by atoms with van der Waals surface area (Å²) in [5, 5.41) is 0.546. The van der Waals surface area contributed by atoms with Crippen LogP contribution in [0, 0.1) is 17.4 Å². The van der Waals surface area contributed by atoms with Crippen LogP contribution in [-0.4, -0.2) is 15.0 Å². The summed E-state index contributed by atoms with van der Waals surface area (Å²) in [5.74, 6) is 1.17. The lowest BCUT2D eigenvalue weighted by Crippen LogP contribution is -2.06. The Hall–Kier alpha value is -0.750. The van der Waals surface area contributed by atoms with Gasteiger partial charge >= 0.3 is 0 Å². The number of nitrogens with zero attached hydrogens (tertiary/aromatic N) is 3. The van der Waals surface area contributed by atoms with E-state index >= 15 is 0 Å². The molecular weight excluding hydrogens is 397 g/mol. The molecule has 0 N–H and O–H groups in total. The Bertz CT molecular complexity index is 681. The molecule has 0 unspecified atom stereocenters. The Balaban J connectivity index is 2.10. The summed E-state index contributed by atoms with van der Waals surface area (Å²) in [6.45, 7) is 4.08. The number of aromatic nitrogens is 3. The minimum absolute atomic E-state index is 0.516. The fraction of sp³-hybridized carbons (Fsp3) is 0.438. The van der Waals surface area contributed by atoms with Crippen LogP contribution < -0.4 is 0 Å². The van der Waals surface area contributed by atoms with Crippen LogP contribution in [-0.2, 0) is 0 Å². The van der Waals surface area contributed by atoms with Gasteiger partial charge in [-0.15, -0.1) is 0 Å². The smallest absolute Gasteiger partial charge is 0.180 e. The highest BCUT2D eigenvalue weighted by Crippen LogP contribution is 2.37. The van der Waals surface area contributed by atoms with E-state index in [4.69, 9.17) is 16.6 Å². The van der Waals surface area contributed by atoms with Gasteiger partial charge in [-0.3, -0.25) is 4.98 Å². The van der Waals surface area contributed by atoms with Gasteiger partial charge in [-0.1, -0.05) is 30.5 Å². The van der Waals surface area contributed by atoms with Gasteiger partial charge < -0.3 is 0 Å². The van der Waals surface area contributed by atoms with Crippen LogP contribution in [0.2, 0.25) is 5.15 Å². The summed E-state index contributed by atoms with van der Waals surface area (Å²) >= 11 is 8.61. The summed E-state index contributed by atoms with van der Waals surface area (Å²) in [6.07, 6.45) is 6.80. The first kappa shape index (κ1) is 15.2. The first-order valence-electron chi connectivity index (χ1n) is 7.23. The number of aryl methyl sites for hydroxylation is 2. The molecule has 0 saturated heterocycles. The largest absolute Gasteiger partial charge is 0.252 e. The number of rotatable bonds is 2. The zero-order valence-electron chi connectivity index (χ0n) is 12.2. The first-order chi connectivity index (χ1) is 10.1. The Morgan fingerprint density at radius 3 is 2.57 bits per heavy atom. The van der Waals surface area contributed by atoms with Gasteiger partial charge in [0, 0.05) is 12.1 Å². The highest BCUT2D eigenvalue weighted by Gasteiger charge is 2.24. The molecule has 2 aromatic rings. The van der Waals surface area contributed by atoms with Gasteiger partial charge in [0.15, 0.2) is 5.82 Å². The molecule has 1 aliphatic carbocycles. The number of hydrogen-bond donors (Lipinski definition) is 0. The molecule has 3 rings (SSSR count). The van der Waals surface area contributed by atoms with Gasteiger partial charge in [-0.2, -0.15) is 0 Å². The molecule has 0 atom stereocenters. The van der Waals surface area contributed by atoms with Gasteiger partial charge in [0.2, 0.25) is 0 Å². The van der Waals surface area contributed by atoms with Crippen molar-refractivity contribution < 1.29 is 0 Å². The number of halogens is 2. The average molecular weight is 414 g/mol. The topological polar surface area (TPSA) is 38.7 Å². The first-order valence-corrected chi connectivity index (χ1v) is 8.68. The lowest BCUT2D eigenvalue weighted by molar-refractivity contribution is 0.690. The molecule has 2 heterocycles. The van der Waals surface area contributed by atoms with E-state index in [0.717, 1.165) is 26.1 Å². The van der Waals surface area contributed by atoms with E-state index in [2.05, 4.69) is 38.6 Å². The Labute approximate surface area is 143 Å². The normalized spacial score (nSPS) is 15.6. The fourth-order valence-electron chi connectivity index (χ4n) is 2.96. The standard InChI is InChI=1S/C16H17ClIN3/c1-9-7-10(2)13(19-8-9)16-20-14(11-5-3-4-6-11)12(18)15(17)21-16/h7-8,11H,3-6H2,1-2H3. The van der Waals surface area contributed by atoms with E-state index in [0.29, 0.717) is 16.9 Å². The van der Waals surface area contributed by atoms with Crippen LogP contribution in [0.3, 0.4) is 0 Å². The third-order valence-corrected chi connectivity index (χ3v) is 5.66. The quantitative estimate of drug-likeness (QED) is 0.509. The Kier molecular flexibility index (Phi) is 4.45. The van der Waals surface area contributed by atoms with E-state index < -0.39 is 0 Å². The van der Waals surface area contributed by atoms with E-state index in [1.807, 2.05) is 20.0 Å². The van der Waals surface area contributed by atoms with Crippen molar-refractivity contribution in [3.05, 3.63) is 37.8 Å². The molecule has 21 heavy (non-hydrogen) atoms. The Morgan fingerprint density at radius 1 is 1.19 bits per heavy atom. The average Bonchev–Trinajstić information content (AvgIpc) is 2.96. The van der Waals surface area contributed by atoms with Gasteiger partial charge in [0.25, 0.3) is 0 Å². The second kappa shape index (κ2) is 6.16. The van der Waals surface area contributed by atoms with Gasteiger partial charge in [-0.05, 0) is 60.4 Å². The van der Waals surface area contributed by atoms with E-state index in [1.165, 1.54) is 25.7 Å². The molecule has 5 heteroatoms. The van der Waals surface area contributed by atoms with Crippen molar-refractivity contribution in [3.8, 4) is 11.5 Å². The summed E-state index contributed by atoms with van der Waals surface area (Å²) in [6, 6.07) is 2.10. The molecule has 1 saturated carbocycles. The zero-order valence-corrected chi connectivity index (χ0v) is 15.1. The molecule has 2 aromatic heterocycles. The molecule has 0 amide bonds.